The first-order valence-corrected chi connectivity index (χ1v) is 6.01. The molecule has 0 unspecified atom stereocenters. The summed E-state index contributed by atoms with van der Waals surface area (Å²) in [6.07, 6.45) is 3.42. The van der Waals surface area contributed by atoms with Crippen LogP contribution in [0, 0.1) is 0 Å². The van der Waals surface area contributed by atoms with Crippen molar-refractivity contribution in [3.05, 3.63) is 29.5 Å². The molecule has 1 aliphatic rings. The fraction of sp³-hybridized carbons (Fsp3) is 0.357. The van der Waals surface area contributed by atoms with E-state index in [1.807, 2.05) is 19.2 Å². The van der Waals surface area contributed by atoms with Crippen molar-refractivity contribution in [3.8, 4) is 5.75 Å². The Morgan fingerprint density at radius 2 is 2.18 bits per heavy atom. The van der Waals surface area contributed by atoms with E-state index >= 15 is 0 Å². The summed E-state index contributed by atoms with van der Waals surface area (Å²) in [5.41, 5.74) is 4.81. The lowest BCUT2D eigenvalue weighted by Crippen LogP contribution is -2.00. The number of para-hydroxylation sites is 1. The molecular weight excluding hydrogens is 212 g/mol. The zero-order valence-electron chi connectivity index (χ0n) is 10.2. The number of nitrogens with zero attached hydrogens (tertiary/aromatic N) is 1. The van der Waals surface area contributed by atoms with Crippen molar-refractivity contribution in [1.82, 2.24) is 4.98 Å². The number of anilines is 1. The quantitative estimate of drug-likeness (QED) is 0.858. The zero-order valence-corrected chi connectivity index (χ0v) is 10.2. The molecule has 0 aliphatic heterocycles. The molecule has 2 aromatic rings. The maximum atomic E-state index is 5.40. The molecule has 0 amide bonds. The van der Waals surface area contributed by atoms with Crippen LogP contribution in [0.1, 0.15) is 17.7 Å². The van der Waals surface area contributed by atoms with Crippen LogP contribution >= 0.6 is 0 Å². The fourth-order valence-corrected chi connectivity index (χ4v) is 2.71. The summed E-state index contributed by atoms with van der Waals surface area (Å²) < 4.78 is 5.40. The molecule has 17 heavy (non-hydrogen) atoms. The lowest BCUT2D eigenvalue weighted by molar-refractivity contribution is 0.419. The van der Waals surface area contributed by atoms with Gasteiger partial charge in [0.25, 0.3) is 0 Å². The molecule has 3 rings (SSSR count). The Morgan fingerprint density at radius 3 is 2.94 bits per heavy atom. The number of ether oxygens (including phenoxy) is 1. The first-order chi connectivity index (χ1) is 8.35. The average molecular weight is 228 g/mol. The van der Waals surface area contributed by atoms with Gasteiger partial charge in [-0.1, -0.05) is 12.1 Å². The lowest BCUT2D eigenvalue weighted by atomic mass is 10.1. The molecule has 0 saturated carbocycles. The first-order valence-electron chi connectivity index (χ1n) is 6.01. The van der Waals surface area contributed by atoms with Crippen molar-refractivity contribution >= 4 is 16.6 Å². The fourth-order valence-electron chi connectivity index (χ4n) is 2.71. The maximum absolute atomic E-state index is 5.40. The highest BCUT2D eigenvalue weighted by Crippen LogP contribution is 2.36. The van der Waals surface area contributed by atoms with Gasteiger partial charge in [-0.2, -0.15) is 0 Å². The number of methoxy groups -OCH3 is 1. The van der Waals surface area contributed by atoms with Crippen LogP contribution in [0.25, 0.3) is 10.9 Å². The molecule has 3 heteroatoms. The second-order valence-electron chi connectivity index (χ2n) is 4.37. The van der Waals surface area contributed by atoms with E-state index in [4.69, 9.17) is 9.72 Å². The minimum atomic E-state index is 0.855. The highest BCUT2D eigenvalue weighted by molar-refractivity contribution is 5.96. The second kappa shape index (κ2) is 3.91. The van der Waals surface area contributed by atoms with Gasteiger partial charge in [0.15, 0.2) is 0 Å². The standard InChI is InChI=1S/C14H16N2O/c1-15-13-9-5-3-7-11(9)16-14-10(13)6-4-8-12(14)17-2/h4,6,8H,3,5,7H2,1-2H3,(H,15,16). The Kier molecular flexibility index (Phi) is 2.39. The molecule has 1 aliphatic carbocycles. The van der Waals surface area contributed by atoms with Gasteiger partial charge in [0.1, 0.15) is 11.3 Å². The lowest BCUT2D eigenvalue weighted by Gasteiger charge is -2.13. The average Bonchev–Trinajstić information content (AvgIpc) is 2.82. The third kappa shape index (κ3) is 1.46. The second-order valence-corrected chi connectivity index (χ2v) is 4.37. The van der Waals surface area contributed by atoms with Crippen molar-refractivity contribution in [2.75, 3.05) is 19.5 Å². The molecule has 88 valence electrons. The van der Waals surface area contributed by atoms with Crippen molar-refractivity contribution in [2.24, 2.45) is 0 Å². The molecule has 0 atom stereocenters. The van der Waals surface area contributed by atoms with E-state index in [0.29, 0.717) is 0 Å². The summed E-state index contributed by atoms with van der Waals surface area (Å²) in [7, 11) is 3.68. The Balaban J connectivity index is 2.40. The van der Waals surface area contributed by atoms with Crippen LogP contribution in [0.3, 0.4) is 0 Å². The highest BCUT2D eigenvalue weighted by Gasteiger charge is 2.20. The number of aryl methyl sites for hydroxylation is 1. The normalized spacial score (nSPS) is 13.8. The summed E-state index contributed by atoms with van der Waals surface area (Å²) in [4.78, 5) is 4.77. The van der Waals surface area contributed by atoms with E-state index in [9.17, 15) is 0 Å². The smallest absolute Gasteiger partial charge is 0.145 e. The van der Waals surface area contributed by atoms with Gasteiger partial charge in [-0.05, 0) is 30.9 Å². The van der Waals surface area contributed by atoms with Gasteiger partial charge in [-0.25, -0.2) is 4.98 Å². The summed E-state index contributed by atoms with van der Waals surface area (Å²) in [5, 5.41) is 4.49. The third-order valence-electron chi connectivity index (χ3n) is 3.48. The molecule has 1 heterocycles. The van der Waals surface area contributed by atoms with Crippen LogP contribution in [0.2, 0.25) is 0 Å². The minimum absolute atomic E-state index is 0.855. The molecule has 1 aromatic heterocycles. The number of aromatic nitrogens is 1. The number of fused-ring (bicyclic) bond motifs is 2. The topological polar surface area (TPSA) is 34.2 Å². The van der Waals surface area contributed by atoms with Gasteiger partial charge in [-0.15, -0.1) is 0 Å². The van der Waals surface area contributed by atoms with Crippen LogP contribution in [-0.4, -0.2) is 19.1 Å². The summed E-state index contributed by atoms with van der Waals surface area (Å²) in [6, 6.07) is 6.09. The van der Waals surface area contributed by atoms with Crippen LogP contribution in [0.4, 0.5) is 5.69 Å². The van der Waals surface area contributed by atoms with Gasteiger partial charge in [-0.3, -0.25) is 0 Å². The molecule has 3 nitrogen and oxygen atoms in total. The van der Waals surface area contributed by atoms with Crippen LogP contribution in [0.5, 0.6) is 5.75 Å². The predicted molar refractivity (Wildman–Crippen MR) is 69.9 cm³/mol. The number of rotatable bonds is 2. The number of hydrogen-bond donors (Lipinski definition) is 1. The van der Waals surface area contributed by atoms with Crippen LogP contribution in [-0.2, 0) is 12.8 Å². The van der Waals surface area contributed by atoms with Gasteiger partial charge in [0, 0.05) is 23.8 Å². The van der Waals surface area contributed by atoms with Gasteiger partial charge in [0.2, 0.25) is 0 Å². The zero-order chi connectivity index (χ0) is 11.8. The van der Waals surface area contributed by atoms with E-state index in [0.717, 1.165) is 29.5 Å². The monoisotopic (exact) mass is 228 g/mol. The first kappa shape index (κ1) is 10.4. The molecule has 0 bridgehead atoms. The van der Waals surface area contributed by atoms with E-state index in [1.54, 1.807) is 7.11 Å². The molecule has 1 N–H and O–H groups in total. The summed E-state index contributed by atoms with van der Waals surface area (Å²) in [6.45, 7) is 0. The number of pyridine rings is 1. The molecule has 0 saturated heterocycles. The van der Waals surface area contributed by atoms with Crippen molar-refractivity contribution in [3.63, 3.8) is 0 Å². The number of nitrogens with one attached hydrogen (secondary N) is 1. The van der Waals surface area contributed by atoms with E-state index in [2.05, 4.69) is 11.4 Å². The van der Waals surface area contributed by atoms with E-state index < -0.39 is 0 Å². The minimum Gasteiger partial charge on any atom is -0.494 e. The molecule has 1 aromatic carbocycles. The molecular formula is C14H16N2O. The van der Waals surface area contributed by atoms with Crippen molar-refractivity contribution in [1.29, 1.82) is 0 Å². The largest absolute Gasteiger partial charge is 0.494 e. The molecule has 0 fully saturated rings. The highest BCUT2D eigenvalue weighted by atomic mass is 16.5. The van der Waals surface area contributed by atoms with Gasteiger partial charge < -0.3 is 10.1 Å². The Bertz CT molecular complexity index is 578. The van der Waals surface area contributed by atoms with Crippen molar-refractivity contribution in [2.45, 2.75) is 19.3 Å². The number of benzene rings is 1. The molecule has 0 spiro atoms. The van der Waals surface area contributed by atoms with Crippen LogP contribution < -0.4 is 10.1 Å². The Hall–Kier alpha value is -1.77. The van der Waals surface area contributed by atoms with Crippen molar-refractivity contribution < 1.29 is 4.74 Å². The van der Waals surface area contributed by atoms with Crippen LogP contribution in [0.15, 0.2) is 18.2 Å². The number of hydrogen-bond acceptors (Lipinski definition) is 3. The summed E-state index contributed by atoms with van der Waals surface area (Å²) in [5.74, 6) is 0.855. The predicted octanol–water partition coefficient (Wildman–Crippen LogP) is 2.77. The van der Waals surface area contributed by atoms with Gasteiger partial charge >= 0.3 is 0 Å². The van der Waals surface area contributed by atoms with Gasteiger partial charge in [0.05, 0.1) is 7.11 Å². The SMILES string of the molecule is CNc1c2c(nc3c(OC)cccc13)CCC2. The maximum Gasteiger partial charge on any atom is 0.145 e. The summed E-state index contributed by atoms with van der Waals surface area (Å²) >= 11 is 0. The third-order valence-corrected chi connectivity index (χ3v) is 3.48. The molecule has 0 radical (unpaired) electrons. The van der Waals surface area contributed by atoms with E-state index in [-0.39, 0.29) is 0 Å². The Labute approximate surface area is 101 Å². The Morgan fingerprint density at radius 1 is 1.29 bits per heavy atom. The van der Waals surface area contributed by atoms with E-state index in [1.165, 1.54) is 23.4 Å².